The van der Waals surface area contributed by atoms with Gasteiger partial charge in [0.15, 0.2) is 0 Å². The summed E-state index contributed by atoms with van der Waals surface area (Å²) >= 11 is 0. The van der Waals surface area contributed by atoms with E-state index in [2.05, 4.69) is 4.74 Å². The smallest absolute Gasteiger partial charge is 0.337 e. The summed E-state index contributed by atoms with van der Waals surface area (Å²) in [6.45, 7) is 0. The Bertz CT molecular complexity index is 573. The van der Waals surface area contributed by atoms with Crippen molar-refractivity contribution in [1.29, 1.82) is 0 Å². The highest BCUT2D eigenvalue weighted by molar-refractivity contribution is 5.90. The predicted molar refractivity (Wildman–Crippen MR) is 66.5 cm³/mol. The molecule has 0 aliphatic heterocycles. The Labute approximate surface area is 104 Å². The minimum absolute atomic E-state index is 0.0682. The maximum atomic E-state index is 11.3. The largest absolute Gasteiger partial charge is 0.508 e. The molecule has 92 valence electrons. The molecule has 0 aromatic heterocycles. The fraction of sp³-hybridized carbons (Fsp3) is 0.0714. The van der Waals surface area contributed by atoms with Gasteiger partial charge >= 0.3 is 5.97 Å². The highest BCUT2D eigenvalue weighted by Crippen LogP contribution is 2.32. The van der Waals surface area contributed by atoms with Gasteiger partial charge in [-0.1, -0.05) is 12.1 Å². The highest BCUT2D eigenvalue weighted by atomic mass is 16.5. The zero-order valence-electron chi connectivity index (χ0n) is 9.75. The molecule has 0 saturated carbocycles. The van der Waals surface area contributed by atoms with Crippen LogP contribution in [0.3, 0.4) is 0 Å². The summed E-state index contributed by atoms with van der Waals surface area (Å²) in [5.41, 5.74) is 1.64. The lowest BCUT2D eigenvalue weighted by molar-refractivity contribution is 0.0601. The van der Waals surface area contributed by atoms with Crippen molar-refractivity contribution in [2.45, 2.75) is 0 Å². The van der Waals surface area contributed by atoms with Crippen LogP contribution in [0.2, 0.25) is 0 Å². The summed E-state index contributed by atoms with van der Waals surface area (Å²) in [6, 6.07) is 10.8. The van der Waals surface area contributed by atoms with Gasteiger partial charge in [0.1, 0.15) is 11.5 Å². The van der Waals surface area contributed by atoms with E-state index in [-0.39, 0.29) is 11.5 Å². The Morgan fingerprint density at radius 3 is 2.33 bits per heavy atom. The number of aromatic hydroxyl groups is 2. The summed E-state index contributed by atoms with van der Waals surface area (Å²) in [5.74, 6) is -0.278. The van der Waals surface area contributed by atoms with E-state index in [0.717, 1.165) is 0 Å². The molecule has 0 heterocycles. The average molecular weight is 244 g/mol. The van der Waals surface area contributed by atoms with Gasteiger partial charge in [0.25, 0.3) is 0 Å². The van der Waals surface area contributed by atoms with Crippen LogP contribution in [0.4, 0.5) is 0 Å². The topological polar surface area (TPSA) is 66.8 Å². The van der Waals surface area contributed by atoms with Crippen molar-refractivity contribution in [3.8, 4) is 22.6 Å². The van der Waals surface area contributed by atoms with Crippen LogP contribution in [0.1, 0.15) is 10.4 Å². The number of methoxy groups -OCH3 is 1. The Morgan fingerprint density at radius 1 is 1.06 bits per heavy atom. The molecule has 0 fully saturated rings. The molecule has 0 amide bonds. The van der Waals surface area contributed by atoms with Crippen LogP contribution >= 0.6 is 0 Å². The highest BCUT2D eigenvalue weighted by Gasteiger charge is 2.08. The first-order valence-corrected chi connectivity index (χ1v) is 5.32. The van der Waals surface area contributed by atoms with Gasteiger partial charge in [-0.3, -0.25) is 0 Å². The minimum Gasteiger partial charge on any atom is -0.508 e. The number of hydrogen-bond donors (Lipinski definition) is 2. The van der Waals surface area contributed by atoms with E-state index in [0.29, 0.717) is 16.7 Å². The number of phenolic OH excluding ortho intramolecular Hbond substituents is 2. The fourth-order valence-corrected chi connectivity index (χ4v) is 1.66. The SMILES string of the molecule is COC(=O)c1ccc(-c2cc(O)ccc2O)cc1. The Kier molecular flexibility index (Phi) is 3.19. The number of phenols is 2. The van der Waals surface area contributed by atoms with E-state index in [4.69, 9.17) is 0 Å². The van der Waals surface area contributed by atoms with E-state index >= 15 is 0 Å². The standard InChI is InChI=1S/C14H12O4/c1-18-14(17)10-4-2-9(3-5-10)12-8-11(15)6-7-13(12)16/h2-8,15-16H,1H3. The maximum absolute atomic E-state index is 11.3. The van der Waals surface area contributed by atoms with Gasteiger partial charge in [-0.2, -0.15) is 0 Å². The Morgan fingerprint density at radius 2 is 1.72 bits per heavy atom. The van der Waals surface area contributed by atoms with Crippen molar-refractivity contribution in [3.63, 3.8) is 0 Å². The second kappa shape index (κ2) is 4.79. The molecule has 0 saturated heterocycles. The van der Waals surface area contributed by atoms with Crippen molar-refractivity contribution in [1.82, 2.24) is 0 Å². The van der Waals surface area contributed by atoms with E-state index in [1.54, 1.807) is 24.3 Å². The van der Waals surface area contributed by atoms with Crippen LogP contribution in [0.15, 0.2) is 42.5 Å². The first-order valence-electron chi connectivity index (χ1n) is 5.32. The predicted octanol–water partition coefficient (Wildman–Crippen LogP) is 2.55. The van der Waals surface area contributed by atoms with Crippen LogP contribution in [-0.4, -0.2) is 23.3 Å². The van der Waals surface area contributed by atoms with Gasteiger partial charge in [-0.05, 0) is 35.9 Å². The number of carbonyl (C=O) groups excluding carboxylic acids is 1. The molecular formula is C14H12O4. The quantitative estimate of drug-likeness (QED) is 0.629. The zero-order valence-corrected chi connectivity index (χ0v) is 9.75. The van der Waals surface area contributed by atoms with Crippen molar-refractivity contribution in [2.75, 3.05) is 7.11 Å². The minimum atomic E-state index is -0.415. The molecule has 0 radical (unpaired) electrons. The van der Waals surface area contributed by atoms with E-state index in [1.165, 1.54) is 25.3 Å². The fourth-order valence-electron chi connectivity index (χ4n) is 1.66. The van der Waals surface area contributed by atoms with E-state index in [1.807, 2.05) is 0 Å². The maximum Gasteiger partial charge on any atom is 0.337 e. The lowest BCUT2D eigenvalue weighted by Crippen LogP contribution is -2.00. The van der Waals surface area contributed by atoms with Crippen molar-refractivity contribution in [3.05, 3.63) is 48.0 Å². The van der Waals surface area contributed by atoms with E-state index < -0.39 is 5.97 Å². The molecule has 0 spiro atoms. The van der Waals surface area contributed by atoms with Crippen LogP contribution in [0, 0.1) is 0 Å². The zero-order chi connectivity index (χ0) is 13.1. The first-order chi connectivity index (χ1) is 8.61. The third-order valence-corrected chi connectivity index (χ3v) is 2.60. The molecule has 4 nitrogen and oxygen atoms in total. The monoisotopic (exact) mass is 244 g/mol. The second-order valence-electron chi connectivity index (χ2n) is 3.77. The van der Waals surface area contributed by atoms with Crippen LogP contribution in [0.5, 0.6) is 11.5 Å². The summed E-state index contributed by atoms with van der Waals surface area (Å²) in [4.78, 5) is 11.3. The molecule has 0 unspecified atom stereocenters. The van der Waals surface area contributed by atoms with Gasteiger partial charge in [0.2, 0.25) is 0 Å². The summed E-state index contributed by atoms with van der Waals surface area (Å²) < 4.78 is 4.60. The summed E-state index contributed by atoms with van der Waals surface area (Å²) in [7, 11) is 1.32. The molecule has 0 aliphatic rings. The summed E-state index contributed by atoms with van der Waals surface area (Å²) in [6.07, 6.45) is 0. The number of esters is 1. The molecule has 0 atom stereocenters. The van der Waals surface area contributed by atoms with Gasteiger partial charge in [0, 0.05) is 5.56 Å². The van der Waals surface area contributed by atoms with Gasteiger partial charge < -0.3 is 14.9 Å². The third-order valence-electron chi connectivity index (χ3n) is 2.60. The molecule has 2 aromatic rings. The normalized spacial score (nSPS) is 10.1. The molecule has 2 N–H and O–H groups in total. The molecular weight excluding hydrogens is 232 g/mol. The van der Waals surface area contributed by atoms with Gasteiger partial charge in [0.05, 0.1) is 12.7 Å². The molecule has 4 heteroatoms. The molecule has 0 bridgehead atoms. The lowest BCUT2D eigenvalue weighted by Gasteiger charge is -2.06. The molecule has 2 aromatic carbocycles. The third kappa shape index (κ3) is 2.27. The van der Waals surface area contributed by atoms with Crippen LogP contribution in [-0.2, 0) is 4.74 Å². The molecule has 2 rings (SSSR count). The van der Waals surface area contributed by atoms with Gasteiger partial charge in [-0.25, -0.2) is 4.79 Å². The molecule has 18 heavy (non-hydrogen) atoms. The van der Waals surface area contributed by atoms with Crippen LogP contribution < -0.4 is 0 Å². The van der Waals surface area contributed by atoms with E-state index in [9.17, 15) is 15.0 Å². The van der Waals surface area contributed by atoms with Crippen molar-refractivity contribution >= 4 is 5.97 Å². The number of hydrogen-bond acceptors (Lipinski definition) is 4. The van der Waals surface area contributed by atoms with Crippen molar-refractivity contribution < 1.29 is 19.7 Å². The number of benzene rings is 2. The van der Waals surface area contributed by atoms with Crippen molar-refractivity contribution in [2.24, 2.45) is 0 Å². The Balaban J connectivity index is 2.40. The number of ether oxygens (including phenoxy) is 1. The number of carbonyl (C=O) groups is 1. The molecule has 0 aliphatic carbocycles. The first kappa shape index (κ1) is 12.0. The Hall–Kier alpha value is -2.49. The summed E-state index contributed by atoms with van der Waals surface area (Å²) in [5, 5.41) is 19.1. The lowest BCUT2D eigenvalue weighted by atomic mass is 10.0. The van der Waals surface area contributed by atoms with Crippen LogP contribution in [0.25, 0.3) is 11.1 Å². The average Bonchev–Trinajstić information content (AvgIpc) is 2.41. The second-order valence-corrected chi connectivity index (χ2v) is 3.77. The number of rotatable bonds is 2. The van der Waals surface area contributed by atoms with Gasteiger partial charge in [-0.15, -0.1) is 0 Å².